The van der Waals surface area contributed by atoms with E-state index in [2.05, 4.69) is 14.7 Å². The highest BCUT2D eigenvalue weighted by molar-refractivity contribution is 5.21. The summed E-state index contributed by atoms with van der Waals surface area (Å²) in [4.78, 5) is 4.36. The summed E-state index contributed by atoms with van der Waals surface area (Å²) in [6.45, 7) is 9.27. The summed E-state index contributed by atoms with van der Waals surface area (Å²) in [5.41, 5.74) is 2.04. The van der Waals surface area contributed by atoms with Crippen molar-refractivity contribution in [3.8, 4) is 0 Å². The maximum absolute atomic E-state index is 5.58. The number of nitrogens with zero attached hydrogens (tertiary/aromatic N) is 3. The van der Waals surface area contributed by atoms with Gasteiger partial charge in [-0.15, -0.1) is 0 Å². The fraction of sp³-hybridized carbons (Fsp3) is 0.538. The molecule has 0 saturated carbocycles. The van der Waals surface area contributed by atoms with Crippen LogP contribution in [0.25, 0.3) is 0 Å². The third-order valence-electron chi connectivity index (χ3n) is 3.04. The number of aromatic nitrogens is 3. The zero-order valence-electron chi connectivity index (χ0n) is 11.3. The minimum atomic E-state index is -0.00882. The molecule has 2 rings (SSSR count). The second-order valence-corrected chi connectivity index (χ2v) is 4.31. The van der Waals surface area contributed by atoms with Gasteiger partial charge >= 0.3 is 0 Å². The first kappa shape index (κ1) is 12.8. The Kier molecular flexibility index (Phi) is 3.81. The summed E-state index contributed by atoms with van der Waals surface area (Å²) in [6.07, 6.45) is 3.74. The van der Waals surface area contributed by atoms with E-state index in [9.17, 15) is 0 Å². The molecule has 0 unspecified atom stereocenters. The molecule has 0 N–H and O–H groups in total. The Balaban J connectivity index is 2.22. The first-order chi connectivity index (χ1) is 8.63. The lowest BCUT2D eigenvalue weighted by molar-refractivity contribution is 0.0677. The Morgan fingerprint density at radius 3 is 2.83 bits per heavy atom. The predicted molar refractivity (Wildman–Crippen MR) is 67.3 cm³/mol. The zero-order valence-corrected chi connectivity index (χ0v) is 11.3. The molecule has 5 heteroatoms. The number of hydrogen-bond acceptors (Lipinski definition) is 4. The molecule has 0 bridgehead atoms. The Morgan fingerprint density at radius 1 is 1.44 bits per heavy atom. The zero-order chi connectivity index (χ0) is 13.1. The predicted octanol–water partition coefficient (Wildman–Crippen LogP) is 2.63. The summed E-state index contributed by atoms with van der Waals surface area (Å²) in [7, 11) is 0. The number of ether oxygens (including phenoxy) is 1. The molecule has 1 atom stereocenters. The lowest BCUT2D eigenvalue weighted by Gasteiger charge is -2.13. The van der Waals surface area contributed by atoms with Gasteiger partial charge in [-0.1, -0.05) is 5.16 Å². The van der Waals surface area contributed by atoms with Crippen LogP contribution in [-0.2, 0) is 11.3 Å². The largest absolute Gasteiger partial charge is 0.371 e. The molecule has 0 aromatic carbocycles. The number of hydrogen-bond donors (Lipinski definition) is 0. The van der Waals surface area contributed by atoms with E-state index in [1.165, 1.54) is 0 Å². The van der Waals surface area contributed by atoms with Crippen molar-refractivity contribution in [3.05, 3.63) is 35.2 Å². The molecule has 0 aliphatic carbocycles. The summed E-state index contributed by atoms with van der Waals surface area (Å²) < 4.78 is 12.8. The Morgan fingerprint density at radius 2 is 2.22 bits per heavy atom. The first-order valence-electron chi connectivity index (χ1n) is 6.17. The van der Waals surface area contributed by atoms with Gasteiger partial charge in [-0.3, -0.25) is 0 Å². The van der Waals surface area contributed by atoms with Gasteiger partial charge in [0.05, 0.1) is 12.2 Å². The second kappa shape index (κ2) is 5.35. The highest BCUT2D eigenvalue weighted by atomic mass is 16.5. The molecule has 98 valence electrons. The fourth-order valence-electron chi connectivity index (χ4n) is 2.04. The maximum atomic E-state index is 5.58. The minimum Gasteiger partial charge on any atom is -0.371 e. The molecule has 0 fully saturated rings. The van der Waals surface area contributed by atoms with Crippen molar-refractivity contribution < 1.29 is 9.26 Å². The van der Waals surface area contributed by atoms with Gasteiger partial charge in [0.2, 0.25) is 0 Å². The Labute approximate surface area is 107 Å². The summed E-state index contributed by atoms with van der Waals surface area (Å²) in [6, 6.07) is 0. The first-order valence-corrected chi connectivity index (χ1v) is 6.17. The molecule has 0 saturated heterocycles. The highest BCUT2D eigenvalue weighted by Crippen LogP contribution is 2.19. The SMILES string of the molecule is CCO[C@H](C)c1nccn1Cc1c(C)noc1C. The van der Waals surface area contributed by atoms with E-state index in [0.29, 0.717) is 13.2 Å². The lowest BCUT2D eigenvalue weighted by Crippen LogP contribution is -2.10. The molecule has 0 spiro atoms. The molecule has 2 aromatic rings. The number of rotatable bonds is 5. The smallest absolute Gasteiger partial charge is 0.138 e. The lowest BCUT2D eigenvalue weighted by atomic mass is 10.2. The topological polar surface area (TPSA) is 53.1 Å². The second-order valence-electron chi connectivity index (χ2n) is 4.31. The van der Waals surface area contributed by atoms with E-state index < -0.39 is 0 Å². The van der Waals surface area contributed by atoms with Crippen LogP contribution in [0.3, 0.4) is 0 Å². The van der Waals surface area contributed by atoms with Crippen LogP contribution >= 0.6 is 0 Å². The quantitative estimate of drug-likeness (QED) is 0.817. The van der Waals surface area contributed by atoms with E-state index in [-0.39, 0.29) is 6.10 Å². The van der Waals surface area contributed by atoms with Gasteiger partial charge < -0.3 is 13.8 Å². The summed E-state index contributed by atoms with van der Waals surface area (Å²) >= 11 is 0. The summed E-state index contributed by atoms with van der Waals surface area (Å²) in [5, 5.41) is 3.97. The third-order valence-corrected chi connectivity index (χ3v) is 3.04. The average molecular weight is 249 g/mol. The van der Waals surface area contributed by atoms with Crippen LogP contribution in [0.4, 0.5) is 0 Å². The highest BCUT2D eigenvalue weighted by Gasteiger charge is 2.15. The van der Waals surface area contributed by atoms with Crippen LogP contribution in [0.2, 0.25) is 0 Å². The van der Waals surface area contributed by atoms with Gasteiger partial charge in [0, 0.05) is 24.6 Å². The minimum absolute atomic E-state index is 0.00882. The van der Waals surface area contributed by atoms with Gasteiger partial charge in [0.1, 0.15) is 17.7 Å². The van der Waals surface area contributed by atoms with Crippen molar-refractivity contribution in [2.24, 2.45) is 0 Å². The van der Waals surface area contributed by atoms with E-state index in [1.807, 2.05) is 33.9 Å². The Bertz CT molecular complexity index is 497. The van der Waals surface area contributed by atoms with Gasteiger partial charge in [0.25, 0.3) is 0 Å². The van der Waals surface area contributed by atoms with Crippen molar-refractivity contribution in [1.82, 2.24) is 14.7 Å². The fourth-order valence-corrected chi connectivity index (χ4v) is 2.04. The van der Waals surface area contributed by atoms with E-state index in [1.54, 1.807) is 6.20 Å². The molecule has 2 heterocycles. The van der Waals surface area contributed by atoms with E-state index >= 15 is 0 Å². The molecule has 18 heavy (non-hydrogen) atoms. The van der Waals surface area contributed by atoms with E-state index in [0.717, 1.165) is 22.8 Å². The van der Waals surface area contributed by atoms with Crippen LogP contribution in [0.15, 0.2) is 16.9 Å². The molecule has 0 aliphatic heterocycles. The summed E-state index contributed by atoms with van der Waals surface area (Å²) in [5.74, 6) is 1.79. The van der Waals surface area contributed by atoms with Crippen molar-refractivity contribution in [2.45, 2.75) is 40.3 Å². The molecule has 0 radical (unpaired) electrons. The monoisotopic (exact) mass is 249 g/mol. The van der Waals surface area contributed by atoms with Crippen molar-refractivity contribution in [2.75, 3.05) is 6.61 Å². The van der Waals surface area contributed by atoms with Crippen LogP contribution in [0.1, 0.15) is 42.8 Å². The Hall–Kier alpha value is -1.62. The van der Waals surface area contributed by atoms with Crippen molar-refractivity contribution in [3.63, 3.8) is 0 Å². The van der Waals surface area contributed by atoms with Crippen LogP contribution in [0, 0.1) is 13.8 Å². The van der Waals surface area contributed by atoms with E-state index in [4.69, 9.17) is 9.26 Å². The van der Waals surface area contributed by atoms with Crippen LogP contribution < -0.4 is 0 Å². The molecular weight excluding hydrogens is 230 g/mol. The standard InChI is InChI=1S/C13H19N3O2/c1-5-17-11(4)13-14-6-7-16(13)8-12-9(2)15-18-10(12)3/h6-7,11H,5,8H2,1-4H3/t11-/m1/s1. The molecule has 0 aliphatic rings. The molecule has 5 nitrogen and oxygen atoms in total. The average Bonchev–Trinajstić information content (AvgIpc) is 2.91. The van der Waals surface area contributed by atoms with Gasteiger partial charge in [-0.05, 0) is 27.7 Å². The third kappa shape index (κ3) is 2.46. The number of imidazole rings is 1. The van der Waals surface area contributed by atoms with Gasteiger partial charge in [-0.25, -0.2) is 4.98 Å². The molecule has 0 amide bonds. The maximum Gasteiger partial charge on any atom is 0.138 e. The number of aryl methyl sites for hydroxylation is 2. The van der Waals surface area contributed by atoms with Gasteiger partial charge in [-0.2, -0.15) is 0 Å². The van der Waals surface area contributed by atoms with Gasteiger partial charge in [0.15, 0.2) is 0 Å². The van der Waals surface area contributed by atoms with Crippen molar-refractivity contribution >= 4 is 0 Å². The molecule has 2 aromatic heterocycles. The van der Waals surface area contributed by atoms with Crippen LogP contribution in [-0.4, -0.2) is 21.3 Å². The molecular formula is C13H19N3O2. The van der Waals surface area contributed by atoms with Crippen molar-refractivity contribution in [1.29, 1.82) is 0 Å². The normalized spacial score (nSPS) is 12.9. The van der Waals surface area contributed by atoms with Crippen LogP contribution in [0.5, 0.6) is 0 Å².